The summed E-state index contributed by atoms with van der Waals surface area (Å²) in [5.41, 5.74) is 9.84. The van der Waals surface area contributed by atoms with E-state index in [9.17, 15) is 4.79 Å². The zero-order valence-electron chi connectivity index (χ0n) is 18.8. The molecule has 1 aliphatic carbocycles. The molecule has 0 radical (unpaired) electrons. The number of benzene rings is 1. The average molecular weight is 411 g/mol. The minimum Gasteiger partial charge on any atom is -0.460 e. The molecule has 1 saturated carbocycles. The summed E-state index contributed by atoms with van der Waals surface area (Å²) in [4.78, 5) is 21.3. The number of carbonyl (C=O) groups excluding carboxylic acids is 1. The second-order valence-electron chi connectivity index (χ2n) is 9.33. The Bertz CT molecular complexity index is 905. The standard InChI is InChI=1S/C24H34N4O2/c1-15-9-8-11-18(16(15)2)20-14-21(28-23(25)27-20)26-19-12-7-6-10-17(19)13-22(29)30-24(3,4)5/h8-9,11,14,17,19H,6-7,10,12-13H2,1-5H3,(H3,25,26,27,28). The fourth-order valence-corrected chi connectivity index (χ4v) is 4.14. The molecular weight excluding hydrogens is 376 g/mol. The maximum Gasteiger partial charge on any atom is 0.306 e. The van der Waals surface area contributed by atoms with Crippen molar-refractivity contribution in [1.29, 1.82) is 0 Å². The SMILES string of the molecule is Cc1cccc(-c2cc(NC3CCCCC3CC(=O)OC(C)(C)C)nc(N)n2)c1C. The molecule has 1 aliphatic rings. The molecule has 1 heterocycles. The van der Waals surface area contributed by atoms with Gasteiger partial charge in [-0.1, -0.05) is 31.0 Å². The first-order valence-corrected chi connectivity index (χ1v) is 10.8. The number of rotatable bonds is 5. The summed E-state index contributed by atoms with van der Waals surface area (Å²) in [5.74, 6) is 1.03. The monoisotopic (exact) mass is 410 g/mol. The molecule has 2 atom stereocenters. The van der Waals surface area contributed by atoms with Crippen LogP contribution >= 0.6 is 0 Å². The molecule has 3 rings (SSSR count). The summed E-state index contributed by atoms with van der Waals surface area (Å²) in [6, 6.07) is 8.29. The third kappa shape index (κ3) is 5.71. The first-order valence-electron chi connectivity index (χ1n) is 10.8. The molecule has 0 bridgehead atoms. The van der Waals surface area contributed by atoms with Gasteiger partial charge in [-0.15, -0.1) is 0 Å². The van der Waals surface area contributed by atoms with E-state index in [1.54, 1.807) is 0 Å². The van der Waals surface area contributed by atoms with E-state index < -0.39 is 5.60 Å². The van der Waals surface area contributed by atoms with Crippen molar-refractivity contribution in [3.05, 3.63) is 35.4 Å². The Morgan fingerprint density at radius 3 is 2.67 bits per heavy atom. The normalized spacial score (nSPS) is 19.4. The molecule has 6 heteroatoms. The molecule has 2 aromatic rings. The van der Waals surface area contributed by atoms with E-state index in [1.165, 1.54) is 11.1 Å². The molecule has 1 aromatic carbocycles. The number of esters is 1. The van der Waals surface area contributed by atoms with Gasteiger partial charge in [-0.3, -0.25) is 4.79 Å². The number of hydrogen-bond donors (Lipinski definition) is 2. The Hall–Kier alpha value is -2.63. The summed E-state index contributed by atoms with van der Waals surface area (Å²) in [6.45, 7) is 9.89. The Kier molecular flexibility index (Phi) is 6.64. The van der Waals surface area contributed by atoms with Crippen molar-refractivity contribution in [2.45, 2.75) is 78.4 Å². The highest BCUT2D eigenvalue weighted by molar-refractivity contribution is 5.71. The fourth-order valence-electron chi connectivity index (χ4n) is 4.14. The summed E-state index contributed by atoms with van der Waals surface area (Å²) < 4.78 is 5.55. The Morgan fingerprint density at radius 2 is 1.93 bits per heavy atom. The first kappa shape index (κ1) is 22.1. The van der Waals surface area contributed by atoms with Gasteiger partial charge in [-0.25, -0.2) is 4.98 Å². The van der Waals surface area contributed by atoms with Crippen LogP contribution in [0, 0.1) is 19.8 Å². The van der Waals surface area contributed by atoms with E-state index in [-0.39, 0.29) is 23.9 Å². The van der Waals surface area contributed by atoms with Crippen molar-refractivity contribution in [2.24, 2.45) is 5.92 Å². The maximum atomic E-state index is 12.4. The minimum atomic E-state index is -0.462. The molecule has 0 spiro atoms. The lowest BCUT2D eigenvalue weighted by molar-refractivity contribution is -0.156. The molecule has 6 nitrogen and oxygen atoms in total. The van der Waals surface area contributed by atoms with Crippen molar-refractivity contribution >= 4 is 17.7 Å². The van der Waals surface area contributed by atoms with Crippen LogP contribution in [0.15, 0.2) is 24.3 Å². The maximum absolute atomic E-state index is 12.4. The van der Waals surface area contributed by atoms with E-state index in [0.717, 1.165) is 36.9 Å². The fraction of sp³-hybridized carbons (Fsp3) is 0.542. The number of ether oxygens (including phenoxy) is 1. The van der Waals surface area contributed by atoms with Gasteiger partial charge < -0.3 is 15.8 Å². The summed E-state index contributed by atoms with van der Waals surface area (Å²) >= 11 is 0. The number of anilines is 2. The van der Waals surface area contributed by atoms with Crippen LogP contribution in [0.3, 0.4) is 0 Å². The van der Waals surface area contributed by atoms with Crippen LogP contribution in [0.4, 0.5) is 11.8 Å². The summed E-state index contributed by atoms with van der Waals surface area (Å²) in [6.07, 6.45) is 4.68. The van der Waals surface area contributed by atoms with Gasteiger partial charge in [0.2, 0.25) is 5.95 Å². The van der Waals surface area contributed by atoms with Gasteiger partial charge in [0.1, 0.15) is 11.4 Å². The van der Waals surface area contributed by atoms with E-state index in [2.05, 4.69) is 41.3 Å². The average Bonchev–Trinajstić information content (AvgIpc) is 2.63. The van der Waals surface area contributed by atoms with Crippen LogP contribution < -0.4 is 11.1 Å². The van der Waals surface area contributed by atoms with Crippen molar-refractivity contribution in [2.75, 3.05) is 11.1 Å². The minimum absolute atomic E-state index is 0.139. The van der Waals surface area contributed by atoms with Crippen LogP contribution in [-0.2, 0) is 9.53 Å². The van der Waals surface area contributed by atoms with Crippen molar-refractivity contribution in [3.63, 3.8) is 0 Å². The van der Waals surface area contributed by atoms with Gasteiger partial charge in [0.15, 0.2) is 0 Å². The molecule has 0 saturated heterocycles. The number of nitrogen functional groups attached to an aromatic ring is 1. The molecule has 3 N–H and O–H groups in total. The number of carbonyl (C=O) groups is 1. The van der Waals surface area contributed by atoms with Gasteiger partial charge in [-0.2, -0.15) is 4.98 Å². The Labute approximate surface area is 179 Å². The van der Waals surface area contributed by atoms with Crippen molar-refractivity contribution in [1.82, 2.24) is 9.97 Å². The number of aromatic nitrogens is 2. The predicted octanol–water partition coefficient (Wildman–Crippen LogP) is 5.05. The lowest BCUT2D eigenvalue weighted by Crippen LogP contribution is -2.35. The summed E-state index contributed by atoms with van der Waals surface area (Å²) in [7, 11) is 0. The van der Waals surface area contributed by atoms with Crippen LogP contribution in [0.2, 0.25) is 0 Å². The molecule has 2 unspecified atom stereocenters. The quantitative estimate of drug-likeness (QED) is 0.671. The van der Waals surface area contributed by atoms with Crippen molar-refractivity contribution in [3.8, 4) is 11.3 Å². The van der Waals surface area contributed by atoms with Crippen LogP contribution in [0.25, 0.3) is 11.3 Å². The van der Waals surface area contributed by atoms with E-state index in [1.807, 2.05) is 32.9 Å². The Balaban J connectivity index is 1.79. The van der Waals surface area contributed by atoms with Gasteiger partial charge in [0.05, 0.1) is 12.1 Å². The number of nitrogens with zero attached hydrogens (tertiary/aromatic N) is 2. The zero-order valence-corrected chi connectivity index (χ0v) is 18.8. The molecule has 0 amide bonds. The molecule has 0 aliphatic heterocycles. The third-order valence-electron chi connectivity index (χ3n) is 5.72. The second-order valence-corrected chi connectivity index (χ2v) is 9.33. The van der Waals surface area contributed by atoms with E-state index in [4.69, 9.17) is 10.5 Å². The summed E-state index contributed by atoms with van der Waals surface area (Å²) in [5, 5.41) is 3.55. The Morgan fingerprint density at radius 1 is 1.20 bits per heavy atom. The zero-order chi connectivity index (χ0) is 21.9. The highest BCUT2D eigenvalue weighted by Crippen LogP contribution is 2.32. The molecule has 30 heavy (non-hydrogen) atoms. The largest absolute Gasteiger partial charge is 0.460 e. The van der Waals surface area contributed by atoms with Crippen LogP contribution in [-0.4, -0.2) is 27.6 Å². The van der Waals surface area contributed by atoms with Crippen LogP contribution in [0.1, 0.15) is 64.0 Å². The number of nitrogens with two attached hydrogens (primary N) is 1. The van der Waals surface area contributed by atoms with Gasteiger partial charge in [0, 0.05) is 17.7 Å². The van der Waals surface area contributed by atoms with Gasteiger partial charge in [0.25, 0.3) is 0 Å². The smallest absolute Gasteiger partial charge is 0.306 e. The molecule has 1 fully saturated rings. The molecular formula is C24H34N4O2. The van der Waals surface area contributed by atoms with E-state index >= 15 is 0 Å². The lowest BCUT2D eigenvalue weighted by atomic mass is 9.82. The highest BCUT2D eigenvalue weighted by Gasteiger charge is 2.29. The van der Waals surface area contributed by atoms with Gasteiger partial charge in [-0.05, 0) is 64.5 Å². The molecule has 162 valence electrons. The topological polar surface area (TPSA) is 90.1 Å². The first-order chi connectivity index (χ1) is 14.1. The second kappa shape index (κ2) is 9.02. The number of aryl methyl sites for hydroxylation is 1. The third-order valence-corrected chi connectivity index (χ3v) is 5.72. The van der Waals surface area contributed by atoms with Crippen molar-refractivity contribution < 1.29 is 9.53 Å². The van der Waals surface area contributed by atoms with E-state index in [0.29, 0.717) is 12.2 Å². The lowest BCUT2D eigenvalue weighted by Gasteiger charge is -2.33. The molecule has 1 aromatic heterocycles. The number of hydrogen-bond acceptors (Lipinski definition) is 6. The van der Waals surface area contributed by atoms with Gasteiger partial charge >= 0.3 is 5.97 Å². The highest BCUT2D eigenvalue weighted by atomic mass is 16.6. The predicted molar refractivity (Wildman–Crippen MR) is 121 cm³/mol. The number of nitrogens with one attached hydrogen (secondary N) is 1. The van der Waals surface area contributed by atoms with Crippen LogP contribution in [0.5, 0.6) is 0 Å².